The monoisotopic (exact) mass is 391 g/mol. The average Bonchev–Trinajstić information content (AvgIpc) is 3.32. The highest BCUT2D eigenvalue weighted by Gasteiger charge is 2.15. The maximum atomic E-state index is 12.3. The van der Waals surface area contributed by atoms with Crippen LogP contribution in [0, 0.1) is 0 Å². The summed E-state index contributed by atoms with van der Waals surface area (Å²) >= 11 is 1.60. The molecular formula is C17H17N3O4S2. The summed E-state index contributed by atoms with van der Waals surface area (Å²) in [7, 11) is -2.39. The van der Waals surface area contributed by atoms with Crippen LogP contribution in [0.2, 0.25) is 0 Å². The first kappa shape index (κ1) is 18.3. The number of aromatic nitrogens is 2. The fourth-order valence-corrected chi connectivity index (χ4v) is 3.99. The van der Waals surface area contributed by atoms with Crippen LogP contribution in [0.15, 0.2) is 58.3 Å². The quantitative estimate of drug-likeness (QED) is 0.625. The van der Waals surface area contributed by atoms with Gasteiger partial charge >= 0.3 is 5.97 Å². The van der Waals surface area contributed by atoms with Crippen molar-refractivity contribution >= 4 is 27.3 Å². The highest BCUT2D eigenvalue weighted by molar-refractivity contribution is 7.89. The summed E-state index contributed by atoms with van der Waals surface area (Å²) < 4.78 is 33.4. The van der Waals surface area contributed by atoms with E-state index in [1.54, 1.807) is 16.0 Å². The lowest BCUT2D eigenvalue weighted by Gasteiger charge is -2.07. The molecule has 2 aromatic heterocycles. The van der Waals surface area contributed by atoms with E-state index in [4.69, 9.17) is 0 Å². The Morgan fingerprint density at radius 3 is 2.65 bits per heavy atom. The van der Waals surface area contributed by atoms with Crippen molar-refractivity contribution in [1.29, 1.82) is 0 Å². The van der Waals surface area contributed by atoms with Gasteiger partial charge in [-0.15, -0.1) is 0 Å². The van der Waals surface area contributed by atoms with Crippen LogP contribution in [0.5, 0.6) is 0 Å². The van der Waals surface area contributed by atoms with Crippen molar-refractivity contribution in [2.45, 2.75) is 11.4 Å². The maximum Gasteiger partial charge on any atom is 0.337 e. The van der Waals surface area contributed by atoms with Crippen LogP contribution in [0.3, 0.4) is 0 Å². The van der Waals surface area contributed by atoms with Gasteiger partial charge in [0, 0.05) is 23.7 Å². The molecule has 0 aliphatic carbocycles. The smallest absolute Gasteiger partial charge is 0.337 e. The Balaban J connectivity index is 1.59. The fraction of sp³-hybridized carbons (Fsp3) is 0.176. The number of nitrogens with one attached hydrogen (secondary N) is 1. The average molecular weight is 391 g/mol. The number of thiophene rings is 1. The molecule has 0 amide bonds. The second-order valence-electron chi connectivity index (χ2n) is 5.39. The Morgan fingerprint density at radius 1 is 1.23 bits per heavy atom. The van der Waals surface area contributed by atoms with E-state index in [9.17, 15) is 13.2 Å². The minimum Gasteiger partial charge on any atom is -0.465 e. The molecule has 3 rings (SSSR count). The summed E-state index contributed by atoms with van der Waals surface area (Å²) in [5.41, 5.74) is 2.19. The van der Waals surface area contributed by atoms with Gasteiger partial charge in [0.05, 0.1) is 29.8 Å². The first-order chi connectivity index (χ1) is 12.5. The van der Waals surface area contributed by atoms with Gasteiger partial charge in [-0.25, -0.2) is 17.9 Å². The lowest BCUT2D eigenvalue weighted by atomic mass is 10.2. The molecule has 7 nitrogen and oxygen atoms in total. The minimum atomic E-state index is -3.66. The van der Waals surface area contributed by atoms with Gasteiger partial charge in [0.2, 0.25) is 10.0 Å². The first-order valence-corrected chi connectivity index (χ1v) is 10.2. The molecule has 0 spiro atoms. The molecule has 136 valence electrons. The molecule has 1 N–H and O–H groups in total. The molecular weight excluding hydrogens is 374 g/mol. The topological polar surface area (TPSA) is 90.3 Å². The zero-order valence-corrected chi connectivity index (χ0v) is 15.6. The third-order valence-electron chi connectivity index (χ3n) is 3.68. The number of carbonyl (C=O) groups is 1. The molecule has 0 bridgehead atoms. The normalized spacial score (nSPS) is 11.4. The van der Waals surface area contributed by atoms with Crippen LogP contribution in [-0.2, 0) is 21.3 Å². The first-order valence-electron chi connectivity index (χ1n) is 7.74. The number of rotatable bonds is 7. The van der Waals surface area contributed by atoms with E-state index >= 15 is 0 Å². The van der Waals surface area contributed by atoms with Crippen LogP contribution >= 0.6 is 11.3 Å². The molecule has 26 heavy (non-hydrogen) atoms. The second kappa shape index (κ2) is 7.81. The van der Waals surface area contributed by atoms with Gasteiger partial charge in [-0.2, -0.15) is 16.4 Å². The Labute approximate surface area is 155 Å². The third kappa shape index (κ3) is 4.18. The summed E-state index contributed by atoms with van der Waals surface area (Å²) in [5, 5.41) is 8.41. The summed E-state index contributed by atoms with van der Waals surface area (Å²) in [6.07, 6.45) is 1.81. The van der Waals surface area contributed by atoms with E-state index in [0.717, 1.165) is 11.3 Å². The SMILES string of the molecule is COC(=O)c1ccc(S(=O)(=O)NCCn2ccc(-c3ccsc3)n2)cc1. The van der Waals surface area contributed by atoms with Crippen LogP contribution in [0.25, 0.3) is 11.3 Å². The number of ether oxygens (including phenoxy) is 1. The Bertz CT molecular complexity index is 977. The Hall–Kier alpha value is -2.49. The zero-order chi connectivity index (χ0) is 18.6. The van der Waals surface area contributed by atoms with Gasteiger partial charge in [-0.05, 0) is 41.8 Å². The van der Waals surface area contributed by atoms with Gasteiger partial charge in [0.15, 0.2) is 0 Å². The fourth-order valence-electron chi connectivity index (χ4n) is 2.32. The van der Waals surface area contributed by atoms with Crippen molar-refractivity contribution in [3.05, 3.63) is 58.9 Å². The minimum absolute atomic E-state index is 0.0876. The van der Waals surface area contributed by atoms with Gasteiger partial charge < -0.3 is 4.74 Å². The molecule has 2 heterocycles. The zero-order valence-electron chi connectivity index (χ0n) is 14.0. The van der Waals surface area contributed by atoms with E-state index in [1.807, 2.05) is 29.1 Å². The van der Waals surface area contributed by atoms with Crippen molar-refractivity contribution in [3.8, 4) is 11.3 Å². The van der Waals surface area contributed by atoms with E-state index in [2.05, 4.69) is 14.6 Å². The lowest BCUT2D eigenvalue weighted by molar-refractivity contribution is 0.0600. The predicted octanol–water partition coefficient (Wildman–Crippen LogP) is 2.38. The van der Waals surface area contributed by atoms with E-state index < -0.39 is 16.0 Å². The largest absolute Gasteiger partial charge is 0.465 e. The number of hydrogen-bond donors (Lipinski definition) is 1. The molecule has 0 unspecified atom stereocenters. The molecule has 0 aliphatic rings. The molecule has 0 saturated heterocycles. The third-order valence-corrected chi connectivity index (χ3v) is 5.84. The molecule has 0 saturated carbocycles. The second-order valence-corrected chi connectivity index (χ2v) is 7.94. The maximum absolute atomic E-state index is 12.3. The van der Waals surface area contributed by atoms with Gasteiger partial charge in [0.1, 0.15) is 0 Å². The number of nitrogens with zero attached hydrogens (tertiary/aromatic N) is 2. The molecule has 1 aromatic carbocycles. The van der Waals surface area contributed by atoms with Crippen LogP contribution in [0.1, 0.15) is 10.4 Å². The van der Waals surface area contributed by atoms with Crippen molar-refractivity contribution in [1.82, 2.24) is 14.5 Å². The number of methoxy groups -OCH3 is 1. The van der Waals surface area contributed by atoms with E-state index in [1.165, 1.54) is 31.4 Å². The summed E-state index contributed by atoms with van der Waals surface area (Å²) in [5.74, 6) is -0.512. The van der Waals surface area contributed by atoms with Gasteiger partial charge in [-0.3, -0.25) is 4.68 Å². The molecule has 9 heteroatoms. The van der Waals surface area contributed by atoms with Crippen molar-refractivity contribution in [2.75, 3.05) is 13.7 Å². The van der Waals surface area contributed by atoms with E-state index in [0.29, 0.717) is 12.1 Å². The highest BCUT2D eigenvalue weighted by Crippen LogP contribution is 2.19. The number of carbonyl (C=O) groups excluding carboxylic acids is 1. The number of esters is 1. The summed E-state index contributed by atoms with van der Waals surface area (Å²) in [4.78, 5) is 11.5. The predicted molar refractivity (Wildman–Crippen MR) is 98.5 cm³/mol. The Morgan fingerprint density at radius 2 is 2.00 bits per heavy atom. The summed E-state index contributed by atoms with van der Waals surface area (Å²) in [6, 6.07) is 9.45. The molecule has 0 aliphatic heterocycles. The molecule has 0 radical (unpaired) electrons. The van der Waals surface area contributed by atoms with Crippen LogP contribution in [0.4, 0.5) is 0 Å². The number of hydrogen-bond acceptors (Lipinski definition) is 6. The standard InChI is InChI=1S/C17H17N3O4S2/c1-24-17(21)13-2-4-15(5-3-13)26(22,23)18-8-10-20-9-6-16(19-20)14-7-11-25-12-14/h2-7,9,11-12,18H,8,10H2,1H3. The van der Waals surface area contributed by atoms with Crippen molar-refractivity contribution < 1.29 is 17.9 Å². The number of sulfonamides is 1. The number of benzene rings is 1. The molecule has 0 fully saturated rings. The Kier molecular flexibility index (Phi) is 5.50. The van der Waals surface area contributed by atoms with Crippen molar-refractivity contribution in [2.24, 2.45) is 0 Å². The summed E-state index contributed by atoms with van der Waals surface area (Å²) in [6.45, 7) is 0.607. The van der Waals surface area contributed by atoms with Crippen molar-refractivity contribution in [3.63, 3.8) is 0 Å². The lowest BCUT2D eigenvalue weighted by Crippen LogP contribution is -2.27. The van der Waals surface area contributed by atoms with E-state index in [-0.39, 0.29) is 11.4 Å². The molecule has 3 aromatic rings. The molecule has 0 atom stereocenters. The van der Waals surface area contributed by atoms with Gasteiger partial charge in [-0.1, -0.05) is 0 Å². The van der Waals surface area contributed by atoms with Crippen LogP contribution in [-0.4, -0.2) is 37.8 Å². The van der Waals surface area contributed by atoms with Gasteiger partial charge in [0.25, 0.3) is 0 Å². The highest BCUT2D eigenvalue weighted by atomic mass is 32.2. The van der Waals surface area contributed by atoms with Crippen LogP contribution < -0.4 is 4.72 Å².